The first kappa shape index (κ1) is 16.5. The third-order valence-electron chi connectivity index (χ3n) is 4.05. The predicted octanol–water partition coefficient (Wildman–Crippen LogP) is 2.17. The fourth-order valence-corrected chi connectivity index (χ4v) is 2.72. The van der Waals surface area contributed by atoms with Crippen LogP contribution in [0.25, 0.3) is 0 Å². The van der Waals surface area contributed by atoms with Crippen LogP contribution >= 0.6 is 0 Å². The number of carbonyl (C=O) groups excluding carboxylic acids is 2. The molecule has 0 heterocycles. The van der Waals surface area contributed by atoms with Crippen LogP contribution in [-0.4, -0.2) is 17.9 Å². The second kappa shape index (κ2) is 7.94. The van der Waals surface area contributed by atoms with Crippen LogP contribution in [0, 0.1) is 5.92 Å². The van der Waals surface area contributed by atoms with Gasteiger partial charge >= 0.3 is 0 Å². The maximum atomic E-state index is 12.2. The van der Waals surface area contributed by atoms with Crippen LogP contribution in [0.5, 0.6) is 0 Å². The van der Waals surface area contributed by atoms with Crippen LogP contribution in [0.1, 0.15) is 44.6 Å². The number of anilines is 1. The lowest BCUT2D eigenvalue weighted by Gasteiger charge is -2.20. The number of rotatable bonds is 5. The van der Waals surface area contributed by atoms with E-state index >= 15 is 0 Å². The summed E-state index contributed by atoms with van der Waals surface area (Å²) in [6.45, 7) is 2.06. The number of nitrogens with one attached hydrogen (secondary N) is 2. The third kappa shape index (κ3) is 4.84. The molecular formula is C17H25N3O2. The van der Waals surface area contributed by atoms with Crippen LogP contribution in [0.3, 0.4) is 0 Å². The van der Waals surface area contributed by atoms with Gasteiger partial charge in [-0.15, -0.1) is 0 Å². The van der Waals surface area contributed by atoms with Gasteiger partial charge in [-0.05, 0) is 37.5 Å². The van der Waals surface area contributed by atoms with Crippen LogP contribution < -0.4 is 16.4 Å². The van der Waals surface area contributed by atoms with Gasteiger partial charge in [0.05, 0.1) is 6.04 Å². The molecule has 0 spiro atoms. The van der Waals surface area contributed by atoms with Gasteiger partial charge in [-0.3, -0.25) is 9.59 Å². The molecule has 2 amide bonds. The fraction of sp³-hybridized carbons (Fsp3) is 0.529. The van der Waals surface area contributed by atoms with E-state index in [1.807, 2.05) is 24.3 Å². The normalized spacial score (nSPS) is 16.8. The second-order valence-corrected chi connectivity index (χ2v) is 6.03. The first-order valence-electron chi connectivity index (χ1n) is 7.99. The zero-order valence-corrected chi connectivity index (χ0v) is 13.1. The van der Waals surface area contributed by atoms with Crippen molar-refractivity contribution in [2.24, 2.45) is 11.7 Å². The predicted molar refractivity (Wildman–Crippen MR) is 87.1 cm³/mol. The molecule has 1 atom stereocenters. The highest BCUT2D eigenvalue weighted by molar-refractivity contribution is 5.92. The van der Waals surface area contributed by atoms with Crippen molar-refractivity contribution >= 4 is 17.5 Å². The van der Waals surface area contributed by atoms with Crippen molar-refractivity contribution in [1.82, 2.24) is 5.32 Å². The van der Waals surface area contributed by atoms with Crippen molar-refractivity contribution in [3.05, 3.63) is 29.8 Å². The minimum Gasteiger partial charge on any atom is -0.351 e. The summed E-state index contributed by atoms with van der Waals surface area (Å²) in [5.74, 6) is 0.0586. The van der Waals surface area contributed by atoms with Gasteiger partial charge in [-0.25, -0.2) is 0 Å². The molecule has 120 valence electrons. The Hall–Kier alpha value is -1.88. The summed E-state index contributed by atoms with van der Waals surface area (Å²) in [7, 11) is 0. The van der Waals surface area contributed by atoms with Crippen molar-refractivity contribution in [2.45, 2.75) is 51.6 Å². The van der Waals surface area contributed by atoms with E-state index in [0.717, 1.165) is 36.9 Å². The average Bonchev–Trinajstić information content (AvgIpc) is 2.53. The van der Waals surface area contributed by atoms with Crippen molar-refractivity contribution in [1.29, 1.82) is 0 Å². The van der Waals surface area contributed by atoms with Gasteiger partial charge in [0, 0.05) is 18.2 Å². The molecule has 2 rings (SSSR count). The summed E-state index contributed by atoms with van der Waals surface area (Å²) >= 11 is 0. The van der Waals surface area contributed by atoms with Gasteiger partial charge < -0.3 is 16.4 Å². The van der Waals surface area contributed by atoms with E-state index in [9.17, 15) is 9.59 Å². The molecule has 0 radical (unpaired) electrons. The summed E-state index contributed by atoms with van der Waals surface area (Å²) in [6, 6.07) is 7.04. The summed E-state index contributed by atoms with van der Waals surface area (Å²) in [4.78, 5) is 23.7. The Morgan fingerprint density at radius 2 is 2.00 bits per heavy atom. The molecule has 5 nitrogen and oxygen atoms in total. The van der Waals surface area contributed by atoms with Gasteiger partial charge in [-0.1, -0.05) is 31.4 Å². The Kier molecular flexibility index (Phi) is 5.95. The van der Waals surface area contributed by atoms with Crippen LogP contribution in [0.2, 0.25) is 0 Å². The molecule has 0 aromatic heterocycles. The first-order valence-corrected chi connectivity index (χ1v) is 7.99. The third-order valence-corrected chi connectivity index (χ3v) is 4.05. The lowest BCUT2D eigenvalue weighted by atomic mass is 9.88. The molecule has 1 aromatic rings. The highest BCUT2D eigenvalue weighted by atomic mass is 16.2. The Morgan fingerprint density at radius 3 is 2.68 bits per heavy atom. The molecule has 1 aliphatic rings. The van der Waals surface area contributed by atoms with E-state index in [4.69, 9.17) is 5.73 Å². The molecule has 1 saturated carbocycles. The SMILES string of the molecule is C[C@H](N)C(=O)NCc1cccc(NC(=O)C2CCCCC2)c1. The van der Waals surface area contributed by atoms with E-state index in [1.165, 1.54) is 6.42 Å². The van der Waals surface area contributed by atoms with E-state index in [0.29, 0.717) is 6.54 Å². The minimum absolute atomic E-state index is 0.108. The molecule has 5 heteroatoms. The molecule has 0 bridgehead atoms. The molecular weight excluding hydrogens is 278 g/mol. The van der Waals surface area contributed by atoms with E-state index < -0.39 is 6.04 Å². The number of benzene rings is 1. The van der Waals surface area contributed by atoms with Gasteiger partial charge in [0.15, 0.2) is 0 Å². The van der Waals surface area contributed by atoms with E-state index in [2.05, 4.69) is 10.6 Å². The monoisotopic (exact) mass is 303 g/mol. The van der Waals surface area contributed by atoms with Gasteiger partial charge in [0.25, 0.3) is 0 Å². The quantitative estimate of drug-likeness (QED) is 0.779. The van der Waals surface area contributed by atoms with Crippen molar-refractivity contribution in [3.8, 4) is 0 Å². The maximum absolute atomic E-state index is 12.2. The van der Waals surface area contributed by atoms with Crippen molar-refractivity contribution in [3.63, 3.8) is 0 Å². The Bertz CT molecular complexity index is 522. The Labute approximate surface area is 131 Å². The summed E-state index contributed by atoms with van der Waals surface area (Å²) in [5.41, 5.74) is 7.23. The van der Waals surface area contributed by atoms with Crippen molar-refractivity contribution < 1.29 is 9.59 Å². The Balaban J connectivity index is 1.90. The summed E-state index contributed by atoms with van der Waals surface area (Å²) < 4.78 is 0. The first-order chi connectivity index (χ1) is 10.6. The number of amides is 2. The number of carbonyl (C=O) groups is 2. The summed E-state index contributed by atoms with van der Waals surface area (Å²) in [6.07, 6.45) is 5.48. The molecule has 1 fully saturated rings. The summed E-state index contributed by atoms with van der Waals surface area (Å²) in [5, 5.41) is 5.75. The molecule has 1 aliphatic carbocycles. The largest absolute Gasteiger partial charge is 0.351 e. The van der Waals surface area contributed by atoms with Gasteiger partial charge in [0.1, 0.15) is 0 Å². The number of nitrogens with two attached hydrogens (primary N) is 1. The second-order valence-electron chi connectivity index (χ2n) is 6.03. The zero-order valence-electron chi connectivity index (χ0n) is 13.1. The molecule has 0 saturated heterocycles. The Morgan fingerprint density at radius 1 is 1.27 bits per heavy atom. The zero-order chi connectivity index (χ0) is 15.9. The topological polar surface area (TPSA) is 84.2 Å². The highest BCUT2D eigenvalue weighted by Crippen LogP contribution is 2.25. The molecule has 1 aromatic carbocycles. The van der Waals surface area contributed by atoms with Crippen LogP contribution in [-0.2, 0) is 16.1 Å². The van der Waals surface area contributed by atoms with Crippen LogP contribution in [0.4, 0.5) is 5.69 Å². The van der Waals surface area contributed by atoms with E-state index in [1.54, 1.807) is 6.92 Å². The molecule has 0 aliphatic heterocycles. The standard InChI is InChI=1S/C17H25N3O2/c1-12(18)16(21)19-11-13-6-5-9-15(10-13)20-17(22)14-7-3-2-4-8-14/h5-6,9-10,12,14H,2-4,7-8,11,18H2,1H3,(H,19,21)(H,20,22)/t12-/m0/s1. The van der Waals surface area contributed by atoms with Gasteiger partial charge in [-0.2, -0.15) is 0 Å². The van der Waals surface area contributed by atoms with E-state index in [-0.39, 0.29) is 17.7 Å². The molecule has 4 N–H and O–H groups in total. The molecule has 0 unspecified atom stereocenters. The highest BCUT2D eigenvalue weighted by Gasteiger charge is 2.21. The number of hydrogen-bond donors (Lipinski definition) is 3. The smallest absolute Gasteiger partial charge is 0.236 e. The number of hydrogen-bond acceptors (Lipinski definition) is 3. The maximum Gasteiger partial charge on any atom is 0.236 e. The van der Waals surface area contributed by atoms with Crippen molar-refractivity contribution in [2.75, 3.05) is 5.32 Å². The van der Waals surface area contributed by atoms with Crippen LogP contribution in [0.15, 0.2) is 24.3 Å². The minimum atomic E-state index is -0.519. The molecule has 22 heavy (non-hydrogen) atoms. The lowest BCUT2D eigenvalue weighted by molar-refractivity contribution is -0.122. The fourth-order valence-electron chi connectivity index (χ4n) is 2.72. The average molecular weight is 303 g/mol. The lowest BCUT2D eigenvalue weighted by Crippen LogP contribution is -2.37. The van der Waals surface area contributed by atoms with Gasteiger partial charge in [0.2, 0.25) is 11.8 Å².